The normalized spacial score (nSPS) is 13.1. The van der Waals surface area contributed by atoms with Crippen molar-refractivity contribution in [1.29, 1.82) is 0 Å². The summed E-state index contributed by atoms with van der Waals surface area (Å²) in [7, 11) is 0. The van der Waals surface area contributed by atoms with Crippen LogP contribution in [0.5, 0.6) is 5.75 Å². The Morgan fingerprint density at radius 3 is 1.89 bits per heavy atom. The average molecular weight is 1030 g/mol. The summed E-state index contributed by atoms with van der Waals surface area (Å²) in [4.78, 5) is 10.5. The van der Waals surface area contributed by atoms with E-state index in [0.717, 1.165) is 66.9 Å². The molecule has 8 rings (SSSR count). The number of hydrogen-bond acceptors (Lipinski definition) is 3. The maximum atomic E-state index is 12.4. The van der Waals surface area contributed by atoms with Gasteiger partial charge in [0.2, 0.25) is 0 Å². The van der Waals surface area contributed by atoms with Gasteiger partial charge in [-0.3, -0.25) is 9.55 Å². The number of benzene rings is 6. The molecule has 330 valence electrons. The van der Waals surface area contributed by atoms with Crippen molar-refractivity contribution in [3.63, 3.8) is 0 Å². The number of rotatable bonds is 9. The predicted octanol–water partition coefficient (Wildman–Crippen LogP) is 16.1. The van der Waals surface area contributed by atoms with Crippen molar-refractivity contribution in [3.05, 3.63) is 168 Å². The first-order valence-corrected chi connectivity index (χ1v) is 22.1. The van der Waals surface area contributed by atoms with E-state index in [0.29, 0.717) is 22.5 Å². The summed E-state index contributed by atoms with van der Waals surface area (Å²) in [6.07, 6.45) is 1.87. The molecule has 0 bridgehead atoms. The van der Waals surface area contributed by atoms with Gasteiger partial charge in [-0.1, -0.05) is 185 Å². The Hall–Kier alpha value is -5.57. The molecular weight excluding hydrogens is 962 g/mol. The van der Waals surface area contributed by atoms with Crippen molar-refractivity contribution >= 4 is 11.0 Å². The first kappa shape index (κ1) is 43.7. The Morgan fingerprint density at radius 2 is 1.27 bits per heavy atom. The monoisotopic (exact) mass is 1030 g/mol. The third-order valence-corrected chi connectivity index (χ3v) is 13.2. The van der Waals surface area contributed by atoms with Crippen LogP contribution in [0.1, 0.15) is 120 Å². The zero-order chi connectivity index (χ0) is 46.9. The first-order chi connectivity index (χ1) is 30.4. The SMILES string of the molecule is [2H]C(C)(C)c1cc(-c2nc3c(-c4[c-]c(-c5cc(-c6ccccc6)ccn5)cc(C(C)(C)C)c4)cccc3n2-c2ccc(C(C)(C)C(C)(C)C)cc2-c2ccccc2)c(O)c(C([2H])(C)C)c1.[Pt]. The largest absolute Gasteiger partial charge is 0.507 e. The van der Waals surface area contributed by atoms with E-state index in [2.05, 4.69) is 169 Å². The van der Waals surface area contributed by atoms with Gasteiger partial charge in [-0.15, -0.1) is 29.3 Å². The molecular formula is C59H62N3OPt-. The standard InChI is InChI=1S/C59H62N3O.Pt/c1-37(2)42-33-48(38(3)4)55(63)50(34-42)56-61-54-47(43-30-44(32-46(31-43)57(5,6)7)51-35-41(28-29-60-51)39-20-15-13-16-21-39)24-19-25-53(54)62(56)52-27-26-45(59(11,12)58(8,9)10)36-49(52)40-22-17-14-18-23-40;/h13-29,31-38,63H,1-12H3;/q-1;/i37D,38D;. The van der Waals surface area contributed by atoms with Crippen molar-refractivity contribution in [1.82, 2.24) is 14.5 Å². The van der Waals surface area contributed by atoms with Crippen LogP contribution in [0.25, 0.3) is 72.7 Å². The van der Waals surface area contributed by atoms with Gasteiger partial charge in [0, 0.05) is 41.3 Å². The number of hydrogen-bond donors (Lipinski definition) is 1. The minimum Gasteiger partial charge on any atom is -0.507 e. The Bertz CT molecular complexity index is 3050. The quantitative estimate of drug-likeness (QED) is 0.147. The summed E-state index contributed by atoms with van der Waals surface area (Å²) < 4.78 is 20.6. The topological polar surface area (TPSA) is 50.9 Å². The molecule has 0 aliphatic heterocycles. The summed E-state index contributed by atoms with van der Waals surface area (Å²) in [6, 6.07) is 50.0. The minimum atomic E-state index is -1.16. The summed E-state index contributed by atoms with van der Waals surface area (Å²) in [6.45, 7) is 25.4. The van der Waals surface area contributed by atoms with Gasteiger partial charge >= 0.3 is 0 Å². The van der Waals surface area contributed by atoms with E-state index >= 15 is 0 Å². The van der Waals surface area contributed by atoms with Crippen molar-refractivity contribution in [2.75, 3.05) is 0 Å². The molecule has 0 fully saturated rings. The van der Waals surface area contributed by atoms with Gasteiger partial charge in [-0.2, -0.15) is 0 Å². The Balaban J connectivity index is 0.00000648. The van der Waals surface area contributed by atoms with E-state index in [9.17, 15) is 7.85 Å². The molecule has 6 aromatic carbocycles. The number of aromatic hydroxyl groups is 1. The number of pyridine rings is 1. The second kappa shape index (κ2) is 17.8. The van der Waals surface area contributed by atoms with Crippen molar-refractivity contribution in [2.45, 2.75) is 106 Å². The fraction of sp³-hybridized carbons (Fsp3) is 0.288. The summed E-state index contributed by atoms with van der Waals surface area (Å²) in [5.74, 6) is -1.69. The van der Waals surface area contributed by atoms with Gasteiger partial charge in [0.25, 0.3) is 0 Å². The number of fused-ring (bicyclic) bond motifs is 1. The Labute approximate surface area is 399 Å². The molecule has 0 saturated carbocycles. The summed E-state index contributed by atoms with van der Waals surface area (Å²) >= 11 is 0. The molecule has 0 atom stereocenters. The summed E-state index contributed by atoms with van der Waals surface area (Å²) in [5.41, 5.74) is 13.8. The van der Waals surface area contributed by atoms with Crippen LogP contribution in [0.2, 0.25) is 0 Å². The van der Waals surface area contributed by atoms with Crippen LogP contribution in [-0.4, -0.2) is 19.6 Å². The molecule has 8 aromatic rings. The van der Waals surface area contributed by atoms with E-state index in [-0.39, 0.29) is 43.1 Å². The first-order valence-electron chi connectivity index (χ1n) is 23.1. The number of imidazole rings is 1. The number of para-hydroxylation sites is 1. The van der Waals surface area contributed by atoms with Crippen LogP contribution >= 0.6 is 0 Å². The Morgan fingerprint density at radius 1 is 0.609 bits per heavy atom. The maximum absolute atomic E-state index is 12.4. The van der Waals surface area contributed by atoms with Crippen LogP contribution in [0.3, 0.4) is 0 Å². The zero-order valence-electron chi connectivity index (χ0n) is 41.4. The number of phenolic OH excluding ortho intramolecular Hbond substituents is 1. The van der Waals surface area contributed by atoms with Crippen molar-refractivity contribution < 1.29 is 28.9 Å². The molecule has 0 aliphatic carbocycles. The molecule has 0 unspecified atom stereocenters. The second-order valence-corrected chi connectivity index (χ2v) is 20.1. The minimum absolute atomic E-state index is 0. The average Bonchev–Trinajstić information content (AvgIpc) is 3.64. The molecule has 0 amide bonds. The van der Waals surface area contributed by atoms with Crippen LogP contribution in [0, 0.1) is 11.5 Å². The number of phenols is 1. The van der Waals surface area contributed by atoms with Gasteiger partial charge in [-0.25, -0.2) is 4.98 Å². The van der Waals surface area contributed by atoms with Crippen molar-refractivity contribution in [3.8, 4) is 67.5 Å². The van der Waals surface area contributed by atoms with Gasteiger partial charge in [0.15, 0.2) is 0 Å². The van der Waals surface area contributed by atoms with E-state index in [4.69, 9.17) is 9.97 Å². The molecule has 5 heteroatoms. The molecule has 0 aliphatic rings. The van der Waals surface area contributed by atoms with E-state index in [1.807, 2.05) is 50.4 Å². The maximum Gasteiger partial charge on any atom is 0.148 e. The number of nitrogens with zero attached hydrogens (tertiary/aromatic N) is 3. The summed E-state index contributed by atoms with van der Waals surface area (Å²) in [5, 5.41) is 12.4. The van der Waals surface area contributed by atoms with Gasteiger partial charge in [-0.05, 0) is 91.7 Å². The van der Waals surface area contributed by atoms with Crippen LogP contribution < -0.4 is 0 Å². The molecule has 2 heterocycles. The molecule has 4 nitrogen and oxygen atoms in total. The van der Waals surface area contributed by atoms with Crippen LogP contribution in [0.15, 0.2) is 140 Å². The number of aromatic nitrogens is 3. The van der Waals surface area contributed by atoms with Gasteiger partial charge in [0.05, 0.1) is 22.3 Å². The van der Waals surface area contributed by atoms with Gasteiger partial charge in [0.1, 0.15) is 11.6 Å². The molecule has 2 aromatic heterocycles. The molecule has 64 heavy (non-hydrogen) atoms. The third kappa shape index (κ3) is 8.79. The van der Waals surface area contributed by atoms with E-state index in [1.54, 1.807) is 13.8 Å². The third-order valence-electron chi connectivity index (χ3n) is 13.2. The van der Waals surface area contributed by atoms with Crippen LogP contribution in [-0.2, 0) is 31.9 Å². The Kier molecular flexibility index (Phi) is 12.1. The van der Waals surface area contributed by atoms with Crippen LogP contribution in [0.4, 0.5) is 0 Å². The molecule has 0 radical (unpaired) electrons. The fourth-order valence-corrected chi connectivity index (χ4v) is 8.29. The zero-order valence-corrected chi connectivity index (χ0v) is 41.7. The van der Waals surface area contributed by atoms with E-state index in [1.165, 1.54) is 5.56 Å². The van der Waals surface area contributed by atoms with Gasteiger partial charge < -0.3 is 5.11 Å². The fourth-order valence-electron chi connectivity index (χ4n) is 8.29. The molecule has 0 saturated heterocycles. The smallest absolute Gasteiger partial charge is 0.148 e. The predicted molar refractivity (Wildman–Crippen MR) is 266 cm³/mol. The van der Waals surface area contributed by atoms with Crippen molar-refractivity contribution in [2.24, 2.45) is 5.41 Å². The molecule has 1 N–H and O–H groups in total. The second-order valence-electron chi connectivity index (χ2n) is 20.1. The van der Waals surface area contributed by atoms with E-state index < -0.39 is 11.8 Å². The molecule has 0 spiro atoms.